The number of esters is 2. The van der Waals surface area contributed by atoms with Crippen LogP contribution < -0.4 is 9.47 Å². The molecule has 0 fully saturated rings. The van der Waals surface area contributed by atoms with E-state index in [4.69, 9.17) is 18.9 Å². The topological polar surface area (TPSA) is 88.9 Å². The van der Waals surface area contributed by atoms with E-state index in [2.05, 4.69) is 27.6 Å². The van der Waals surface area contributed by atoms with Crippen LogP contribution in [0.4, 0.5) is 0 Å². The van der Waals surface area contributed by atoms with E-state index in [1.165, 1.54) is 18.9 Å². The summed E-state index contributed by atoms with van der Waals surface area (Å²) < 4.78 is 23.4. The maximum Gasteiger partial charge on any atom is 0.357 e. The first-order valence-corrected chi connectivity index (χ1v) is 10.8. The molecule has 0 spiro atoms. The Bertz CT molecular complexity index is 1170. The fourth-order valence-corrected chi connectivity index (χ4v) is 3.76. The Morgan fingerprint density at radius 1 is 1.09 bits per heavy atom. The van der Waals surface area contributed by atoms with Gasteiger partial charge in [0.1, 0.15) is 17.9 Å². The number of ether oxygens (including phenoxy) is 4. The Labute approximate surface area is 199 Å². The van der Waals surface area contributed by atoms with Crippen LogP contribution in [0.3, 0.4) is 0 Å². The molecule has 33 heavy (non-hydrogen) atoms. The van der Waals surface area contributed by atoms with Crippen molar-refractivity contribution in [2.45, 2.75) is 6.92 Å². The van der Waals surface area contributed by atoms with Crippen LogP contribution in [0.1, 0.15) is 27.8 Å². The summed E-state index contributed by atoms with van der Waals surface area (Å²) in [5, 5.41) is 4.60. The van der Waals surface area contributed by atoms with E-state index in [1.807, 2.05) is 13.0 Å². The van der Waals surface area contributed by atoms with Crippen LogP contribution in [0.25, 0.3) is 16.9 Å². The van der Waals surface area contributed by atoms with E-state index in [-0.39, 0.29) is 23.6 Å². The first-order valence-electron chi connectivity index (χ1n) is 10.0. The Hall–Kier alpha value is -3.59. The van der Waals surface area contributed by atoms with E-state index >= 15 is 0 Å². The van der Waals surface area contributed by atoms with Gasteiger partial charge < -0.3 is 18.9 Å². The van der Waals surface area contributed by atoms with Gasteiger partial charge in [0.05, 0.1) is 31.0 Å². The monoisotopic (exact) mass is 514 g/mol. The maximum atomic E-state index is 12.8. The fourth-order valence-electron chi connectivity index (χ4n) is 3.21. The first-order chi connectivity index (χ1) is 16.0. The highest BCUT2D eigenvalue weighted by atomic mass is 79.9. The standard InChI is InChI=1S/C24H23BrN2O6/c1-5-12-33-22-17(25)13-15(14-18(22)32-6-2)20-19(23(28)30-3)21(24(29)31-4)27(26-20)16-10-8-7-9-11-16/h5,7-11,13-14H,1,6,12H2,2-4H3. The molecule has 172 valence electrons. The normalized spacial score (nSPS) is 10.4. The number of para-hydroxylation sites is 1. The zero-order valence-electron chi connectivity index (χ0n) is 18.5. The minimum atomic E-state index is -0.729. The third-order valence-corrected chi connectivity index (χ3v) is 5.17. The average molecular weight is 515 g/mol. The predicted octanol–water partition coefficient (Wildman–Crippen LogP) is 4.84. The number of carbonyl (C=O) groups is 2. The van der Waals surface area contributed by atoms with Crippen molar-refractivity contribution in [2.24, 2.45) is 0 Å². The van der Waals surface area contributed by atoms with Crippen molar-refractivity contribution >= 4 is 27.9 Å². The largest absolute Gasteiger partial charge is 0.490 e. The highest BCUT2D eigenvalue weighted by Gasteiger charge is 2.32. The van der Waals surface area contributed by atoms with Gasteiger partial charge in [-0.2, -0.15) is 5.10 Å². The van der Waals surface area contributed by atoms with Crippen molar-refractivity contribution in [3.05, 3.63) is 70.8 Å². The van der Waals surface area contributed by atoms with Crippen LogP contribution in [0.5, 0.6) is 11.5 Å². The van der Waals surface area contributed by atoms with Gasteiger partial charge in [-0.3, -0.25) is 0 Å². The molecule has 1 aromatic heterocycles. The molecule has 3 rings (SSSR count). The highest BCUT2D eigenvalue weighted by molar-refractivity contribution is 9.10. The van der Waals surface area contributed by atoms with E-state index < -0.39 is 11.9 Å². The molecule has 1 heterocycles. The van der Waals surface area contributed by atoms with Crippen LogP contribution in [0, 0.1) is 0 Å². The number of halogens is 1. The molecule has 0 radical (unpaired) electrons. The zero-order valence-corrected chi connectivity index (χ0v) is 20.0. The van der Waals surface area contributed by atoms with Crippen LogP contribution in [-0.4, -0.2) is 49.2 Å². The van der Waals surface area contributed by atoms with Crippen molar-refractivity contribution in [2.75, 3.05) is 27.4 Å². The second-order valence-electron chi connectivity index (χ2n) is 6.62. The van der Waals surface area contributed by atoms with Crippen molar-refractivity contribution in [3.8, 4) is 28.4 Å². The summed E-state index contributed by atoms with van der Waals surface area (Å²) in [5.41, 5.74) is 1.23. The Balaban J connectivity index is 2.32. The van der Waals surface area contributed by atoms with Gasteiger partial charge in [0.25, 0.3) is 0 Å². The van der Waals surface area contributed by atoms with Gasteiger partial charge >= 0.3 is 11.9 Å². The van der Waals surface area contributed by atoms with Crippen LogP contribution in [-0.2, 0) is 9.47 Å². The number of methoxy groups -OCH3 is 2. The molecule has 0 aliphatic carbocycles. The lowest BCUT2D eigenvalue weighted by Crippen LogP contribution is -2.15. The Kier molecular flexibility index (Phi) is 7.89. The van der Waals surface area contributed by atoms with Crippen LogP contribution in [0.2, 0.25) is 0 Å². The van der Waals surface area contributed by atoms with E-state index in [0.717, 1.165) is 0 Å². The van der Waals surface area contributed by atoms with Gasteiger partial charge in [-0.15, -0.1) is 0 Å². The highest BCUT2D eigenvalue weighted by Crippen LogP contribution is 2.41. The van der Waals surface area contributed by atoms with Gasteiger partial charge in [-0.1, -0.05) is 30.9 Å². The van der Waals surface area contributed by atoms with Crippen molar-refractivity contribution < 1.29 is 28.5 Å². The molecular formula is C24H23BrN2O6. The number of nitrogens with zero attached hydrogens (tertiary/aromatic N) is 2. The molecular weight excluding hydrogens is 492 g/mol. The summed E-state index contributed by atoms with van der Waals surface area (Å²) in [6.07, 6.45) is 1.62. The van der Waals surface area contributed by atoms with Crippen molar-refractivity contribution in [3.63, 3.8) is 0 Å². The van der Waals surface area contributed by atoms with Gasteiger partial charge in [0, 0.05) is 5.56 Å². The lowest BCUT2D eigenvalue weighted by molar-refractivity contribution is 0.0549. The minimum Gasteiger partial charge on any atom is -0.490 e. The molecule has 0 unspecified atom stereocenters. The minimum absolute atomic E-state index is 0.0256. The van der Waals surface area contributed by atoms with Gasteiger partial charge in [0.2, 0.25) is 0 Å². The number of carbonyl (C=O) groups excluding carboxylic acids is 2. The van der Waals surface area contributed by atoms with Crippen molar-refractivity contribution in [1.82, 2.24) is 9.78 Å². The molecule has 0 amide bonds. The van der Waals surface area contributed by atoms with E-state index in [9.17, 15) is 9.59 Å². The van der Waals surface area contributed by atoms with Gasteiger partial charge in [0.15, 0.2) is 17.2 Å². The molecule has 8 nitrogen and oxygen atoms in total. The first kappa shape index (κ1) is 24.1. The summed E-state index contributed by atoms with van der Waals surface area (Å²) in [5.74, 6) is -0.536. The summed E-state index contributed by atoms with van der Waals surface area (Å²) >= 11 is 3.51. The third kappa shape index (κ3) is 4.93. The molecule has 0 atom stereocenters. The number of aromatic nitrogens is 2. The smallest absolute Gasteiger partial charge is 0.357 e. The summed E-state index contributed by atoms with van der Waals surface area (Å²) in [6.45, 7) is 6.17. The molecule has 0 aliphatic rings. The summed E-state index contributed by atoms with van der Waals surface area (Å²) in [7, 11) is 2.47. The van der Waals surface area contributed by atoms with Crippen molar-refractivity contribution in [1.29, 1.82) is 0 Å². The summed E-state index contributed by atoms with van der Waals surface area (Å²) in [4.78, 5) is 25.6. The number of benzene rings is 2. The average Bonchev–Trinajstić information content (AvgIpc) is 3.24. The molecule has 9 heteroatoms. The third-order valence-electron chi connectivity index (χ3n) is 4.58. The maximum absolute atomic E-state index is 12.8. The quantitative estimate of drug-likeness (QED) is 0.298. The molecule has 2 aromatic carbocycles. The lowest BCUT2D eigenvalue weighted by Gasteiger charge is -2.14. The van der Waals surface area contributed by atoms with Gasteiger partial charge in [-0.05, 0) is 47.1 Å². The van der Waals surface area contributed by atoms with Crippen LogP contribution >= 0.6 is 15.9 Å². The molecule has 0 bridgehead atoms. The number of hydrogen-bond acceptors (Lipinski definition) is 7. The summed E-state index contributed by atoms with van der Waals surface area (Å²) in [6, 6.07) is 12.4. The predicted molar refractivity (Wildman–Crippen MR) is 126 cm³/mol. The number of hydrogen-bond donors (Lipinski definition) is 0. The molecule has 3 aromatic rings. The number of rotatable bonds is 9. The molecule has 0 saturated heterocycles. The molecule has 0 N–H and O–H groups in total. The van der Waals surface area contributed by atoms with E-state index in [1.54, 1.807) is 42.5 Å². The SMILES string of the molecule is C=CCOc1c(Br)cc(-c2nn(-c3ccccc3)c(C(=O)OC)c2C(=O)OC)cc1OCC. The van der Waals surface area contributed by atoms with Gasteiger partial charge in [-0.25, -0.2) is 14.3 Å². The Morgan fingerprint density at radius 3 is 2.39 bits per heavy atom. The molecule has 0 saturated carbocycles. The Morgan fingerprint density at radius 2 is 1.79 bits per heavy atom. The van der Waals surface area contributed by atoms with Crippen LogP contribution in [0.15, 0.2) is 59.6 Å². The second kappa shape index (κ2) is 10.8. The van der Waals surface area contributed by atoms with E-state index in [0.29, 0.717) is 33.8 Å². The molecule has 0 aliphatic heterocycles. The second-order valence-corrected chi connectivity index (χ2v) is 7.48. The zero-order chi connectivity index (χ0) is 24.0. The fraction of sp³-hybridized carbons (Fsp3) is 0.208. The lowest BCUT2D eigenvalue weighted by atomic mass is 10.0.